The van der Waals surface area contributed by atoms with Crippen molar-refractivity contribution >= 4 is 17.6 Å². The first-order chi connectivity index (χ1) is 13.5. The van der Waals surface area contributed by atoms with Crippen LogP contribution in [0.2, 0.25) is 0 Å². The zero-order chi connectivity index (χ0) is 20.3. The number of fused-ring (bicyclic) bond motifs is 1. The molecule has 3 rings (SSSR count). The molecule has 0 spiro atoms. The number of hydrogen-bond donors (Lipinski definition) is 0. The van der Waals surface area contributed by atoms with Crippen LogP contribution in [0.3, 0.4) is 0 Å². The molecule has 0 aromatic heterocycles. The van der Waals surface area contributed by atoms with Crippen LogP contribution >= 0.6 is 0 Å². The lowest BCUT2D eigenvalue weighted by Crippen LogP contribution is -2.06. The molecule has 0 radical (unpaired) electrons. The lowest BCUT2D eigenvalue weighted by molar-refractivity contribution is -0.118. The highest BCUT2D eigenvalue weighted by Gasteiger charge is 2.28. The van der Waals surface area contributed by atoms with Crippen molar-refractivity contribution in [2.45, 2.75) is 6.92 Å². The van der Waals surface area contributed by atoms with Crippen molar-refractivity contribution in [2.24, 2.45) is 0 Å². The van der Waals surface area contributed by atoms with Gasteiger partial charge in [-0.2, -0.15) is 0 Å². The van der Waals surface area contributed by atoms with E-state index in [4.69, 9.17) is 23.7 Å². The molecule has 0 bridgehead atoms. The van der Waals surface area contributed by atoms with Gasteiger partial charge in [-0.3, -0.25) is 9.59 Å². The van der Waals surface area contributed by atoms with Gasteiger partial charge >= 0.3 is 0 Å². The predicted octanol–water partition coefficient (Wildman–Crippen LogP) is 3.30. The fraction of sp³-hybridized carbons (Fsp3) is 0.238. The number of carbonyl (C=O) groups excluding carboxylic acids is 2. The Morgan fingerprint density at radius 2 is 1.71 bits per heavy atom. The van der Waals surface area contributed by atoms with Crippen molar-refractivity contribution in [3.63, 3.8) is 0 Å². The normalized spacial score (nSPS) is 13.7. The molecule has 1 aliphatic rings. The highest BCUT2D eigenvalue weighted by Crippen LogP contribution is 2.40. The highest BCUT2D eigenvalue weighted by atomic mass is 16.5. The summed E-state index contributed by atoms with van der Waals surface area (Å²) in [7, 11) is 4.55. The molecule has 0 fully saturated rings. The second-order valence-corrected chi connectivity index (χ2v) is 6.05. The lowest BCUT2D eigenvalue weighted by Gasteiger charge is -2.13. The number of methoxy groups -OCH3 is 3. The van der Waals surface area contributed by atoms with Gasteiger partial charge in [-0.05, 0) is 42.8 Å². The highest BCUT2D eigenvalue weighted by molar-refractivity contribution is 6.14. The average molecular weight is 384 g/mol. The minimum Gasteiger partial charge on any atom is -0.493 e. The Hall–Kier alpha value is -3.48. The lowest BCUT2D eigenvalue weighted by atomic mass is 10.1. The number of allylic oxidation sites excluding steroid dienone is 1. The van der Waals surface area contributed by atoms with Crippen LogP contribution < -0.4 is 23.7 Å². The largest absolute Gasteiger partial charge is 0.493 e. The summed E-state index contributed by atoms with van der Waals surface area (Å²) in [5.74, 6) is 2.05. The third kappa shape index (κ3) is 3.78. The predicted molar refractivity (Wildman–Crippen MR) is 102 cm³/mol. The van der Waals surface area contributed by atoms with E-state index in [1.54, 1.807) is 36.4 Å². The maximum Gasteiger partial charge on any atom is 0.231 e. The number of Topliss-reactive ketones (excluding diaryl/α,β-unsaturated/α-hetero) is 2. The fourth-order valence-electron chi connectivity index (χ4n) is 2.78. The van der Waals surface area contributed by atoms with E-state index >= 15 is 0 Å². The van der Waals surface area contributed by atoms with Crippen molar-refractivity contribution in [2.75, 3.05) is 27.9 Å². The number of ether oxygens (including phenoxy) is 5. The summed E-state index contributed by atoms with van der Waals surface area (Å²) in [6, 6.07) is 8.27. The third-order valence-electron chi connectivity index (χ3n) is 4.07. The standard InChI is InChI=1S/C21H20O7/c1-12(22)11-27-14-5-6-15-16(10-14)28-17(20(15)23)7-13-8-18(24-2)21(26-4)19(9-13)25-3/h5-10H,11H2,1-4H3. The van der Waals surface area contributed by atoms with Gasteiger partial charge < -0.3 is 23.7 Å². The summed E-state index contributed by atoms with van der Waals surface area (Å²) in [5.41, 5.74) is 1.08. The van der Waals surface area contributed by atoms with Crippen LogP contribution in [0.1, 0.15) is 22.8 Å². The fourth-order valence-corrected chi connectivity index (χ4v) is 2.78. The maximum absolute atomic E-state index is 12.6. The van der Waals surface area contributed by atoms with Crippen LogP contribution in [0.4, 0.5) is 0 Å². The molecule has 1 aliphatic heterocycles. The molecule has 7 nitrogen and oxygen atoms in total. The second kappa shape index (κ2) is 8.04. The van der Waals surface area contributed by atoms with Crippen molar-refractivity contribution in [3.8, 4) is 28.7 Å². The first-order valence-corrected chi connectivity index (χ1v) is 8.47. The van der Waals surface area contributed by atoms with E-state index in [-0.39, 0.29) is 23.9 Å². The van der Waals surface area contributed by atoms with Gasteiger partial charge in [0, 0.05) is 6.07 Å². The molecule has 7 heteroatoms. The van der Waals surface area contributed by atoms with Crippen LogP contribution in [0.5, 0.6) is 28.7 Å². The van der Waals surface area contributed by atoms with Crippen LogP contribution in [-0.2, 0) is 4.79 Å². The monoisotopic (exact) mass is 384 g/mol. The van der Waals surface area contributed by atoms with Crippen LogP contribution in [-0.4, -0.2) is 39.5 Å². The van der Waals surface area contributed by atoms with Gasteiger partial charge in [0.2, 0.25) is 11.5 Å². The van der Waals surface area contributed by atoms with Crippen molar-refractivity contribution in [1.82, 2.24) is 0 Å². The van der Waals surface area contributed by atoms with Gasteiger partial charge in [-0.25, -0.2) is 0 Å². The zero-order valence-corrected chi connectivity index (χ0v) is 16.0. The minimum absolute atomic E-state index is 0.0408. The van der Waals surface area contributed by atoms with Crippen LogP contribution in [0, 0.1) is 0 Å². The number of carbonyl (C=O) groups is 2. The van der Waals surface area contributed by atoms with E-state index in [1.807, 2.05) is 0 Å². The number of hydrogen-bond acceptors (Lipinski definition) is 7. The maximum atomic E-state index is 12.6. The van der Waals surface area contributed by atoms with Crippen LogP contribution in [0.25, 0.3) is 6.08 Å². The van der Waals surface area contributed by atoms with Crippen molar-refractivity contribution in [1.29, 1.82) is 0 Å². The number of benzene rings is 2. The van der Waals surface area contributed by atoms with Crippen molar-refractivity contribution < 1.29 is 33.3 Å². The summed E-state index contributed by atoms with van der Waals surface area (Å²) in [6.45, 7) is 1.40. The molecule has 0 unspecified atom stereocenters. The van der Waals surface area contributed by atoms with Crippen molar-refractivity contribution in [3.05, 3.63) is 47.2 Å². The summed E-state index contributed by atoms with van der Waals surface area (Å²) in [5, 5.41) is 0. The zero-order valence-electron chi connectivity index (χ0n) is 16.0. The summed E-state index contributed by atoms with van der Waals surface area (Å²) < 4.78 is 27.0. The molecule has 0 atom stereocenters. The van der Waals surface area contributed by atoms with Gasteiger partial charge in [0.05, 0.1) is 26.9 Å². The summed E-state index contributed by atoms with van der Waals surface area (Å²) >= 11 is 0. The first kappa shape index (κ1) is 19.3. The van der Waals surface area contributed by atoms with E-state index in [9.17, 15) is 9.59 Å². The van der Waals surface area contributed by atoms with Crippen LogP contribution in [0.15, 0.2) is 36.1 Å². The summed E-state index contributed by atoms with van der Waals surface area (Å²) in [4.78, 5) is 23.7. The van der Waals surface area contributed by atoms with Gasteiger partial charge in [-0.15, -0.1) is 0 Å². The second-order valence-electron chi connectivity index (χ2n) is 6.05. The molecule has 0 N–H and O–H groups in total. The Morgan fingerprint density at radius 1 is 1.04 bits per heavy atom. The summed E-state index contributed by atoms with van der Waals surface area (Å²) in [6.07, 6.45) is 1.60. The molecule has 0 saturated heterocycles. The Morgan fingerprint density at radius 3 is 2.29 bits per heavy atom. The van der Waals surface area contributed by atoms with Gasteiger partial charge in [0.15, 0.2) is 23.0 Å². The molecule has 28 heavy (non-hydrogen) atoms. The molecule has 1 heterocycles. The minimum atomic E-state index is -0.248. The molecule has 0 amide bonds. The van der Waals surface area contributed by atoms with E-state index in [1.165, 1.54) is 28.3 Å². The topological polar surface area (TPSA) is 80.3 Å². The molecule has 146 valence electrons. The number of ketones is 2. The molecule has 2 aromatic carbocycles. The Bertz CT molecular complexity index is 934. The van der Waals surface area contributed by atoms with E-state index in [0.29, 0.717) is 39.9 Å². The SMILES string of the molecule is COc1cc(C=C2Oc3cc(OCC(C)=O)ccc3C2=O)cc(OC)c1OC. The Balaban J connectivity index is 1.91. The molecule has 0 saturated carbocycles. The van der Waals surface area contributed by atoms with Gasteiger partial charge in [-0.1, -0.05) is 0 Å². The average Bonchev–Trinajstić information content (AvgIpc) is 3.00. The Labute approximate surface area is 162 Å². The van der Waals surface area contributed by atoms with E-state index in [2.05, 4.69) is 0 Å². The third-order valence-corrected chi connectivity index (χ3v) is 4.07. The quantitative estimate of drug-likeness (QED) is 0.678. The Kier molecular flexibility index (Phi) is 5.54. The first-order valence-electron chi connectivity index (χ1n) is 8.47. The van der Waals surface area contributed by atoms with Gasteiger partial charge in [0.1, 0.15) is 18.1 Å². The molecular weight excluding hydrogens is 364 g/mol. The molecular formula is C21H20O7. The molecule has 0 aliphatic carbocycles. The molecule has 2 aromatic rings. The number of rotatable bonds is 7. The van der Waals surface area contributed by atoms with Gasteiger partial charge in [0.25, 0.3) is 0 Å². The van der Waals surface area contributed by atoms with E-state index in [0.717, 1.165) is 0 Å². The van der Waals surface area contributed by atoms with E-state index < -0.39 is 0 Å². The smallest absolute Gasteiger partial charge is 0.231 e.